The fourth-order valence-corrected chi connectivity index (χ4v) is 3.48. The molecule has 1 atom stereocenters. The molecule has 0 radical (unpaired) electrons. The van der Waals surface area contributed by atoms with Crippen LogP contribution in [-0.2, 0) is 9.59 Å². The summed E-state index contributed by atoms with van der Waals surface area (Å²) in [5.74, 6) is 1.03. The van der Waals surface area contributed by atoms with E-state index in [1.807, 2.05) is 18.7 Å². The molecule has 0 aliphatic carbocycles. The lowest BCUT2D eigenvalue weighted by Crippen LogP contribution is -2.58. The molecule has 1 aliphatic heterocycles. The third kappa shape index (κ3) is 3.44. The molecule has 1 saturated heterocycles. The van der Waals surface area contributed by atoms with E-state index in [9.17, 15) is 9.59 Å². The van der Waals surface area contributed by atoms with Gasteiger partial charge in [-0.05, 0) is 25.5 Å². The van der Waals surface area contributed by atoms with E-state index in [-0.39, 0.29) is 17.9 Å². The van der Waals surface area contributed by atoms with Crippen molar-refractivity contribution in [3.8, 4) is 0 Å². The van der Waals surface area contributed by atoms with Gasteiger partial charge in [0.05, 0.1) is 0 Å². The Morgan fingerprint density at radius 1 is 1.32 bits per heavy atom. The van der Waals surface area contributed by atoms with Crippen molar-refractivity contribution < 1.29 is 9.59 Å². The lowest BCUT2D eigenvalue weighted by molar-refractivity contribution is -0.141. The van der Waals surface area contributed by atoms with Crippen molar-refractivity contribution in [1.82, 2.24) is 10.2 Å². The molecule has 0 aromatic heterocycles. The number of carbonyl (C=O) groups is 2. The number of amides is 2. The normalized spacial score (nSPS) is 20.9. The number of nitrogens with one attached hydrogen (secondary N) is 1. The molecular formula is C14H26N2O2S. The quantitative estimate of drug-likeness (QED) is 0.813. The van der Waals surface area contributed by atoms with Crippen molar-refractivity contribution >= 4 is 23.6 Å². The number of hydrogen-bond donors (Lipinski definition) is 1. The molecule has 0 saturated carbocycles. The molecule has 1 N–H and O–H groups in total. The van der Waals surface area contributed by atoms with Gasteiger partial charge in [0.1, 0.15) is 5.54 Å². The molecule has 5 heteroatoms. The van der Waals surface area contributed by atoms with Crippen LogP contribution >= 0.6 is 11.8 Å². The maximum atomic E-state index is 12.9. The molecule has 0 aromatic rings. The van der Waals surface area contributed by atoms with Gasteiger partial charge in [-0.15, -0.1) is 0 Å². The van der Waals surface area contributed by atoms with Crippen LogP contribution in [0.2, 0.25) is 0 Å². The first-order chi connectivity index (χ1) is 9.04. The average molecular weight is 286 g/mol. The monoisotopic (exact) mass is 286 g/mol. The van der Waals surface area contributed by atoms with Crippen molar-refractivity contribution in [3.63, 3.8) is 0 Å². The van der Waals surface area contributed by atoms with Crippen molar-refractivity contribution in [2.24, 2.45) is 0 Å². The van der Waals surface area contributed by atoms with Crippen LogP contribution in [0.3, 0.4) is 0 Å². The van der Waals surface area contributed by atoms with E-state index in [2.05, 4.69) is 18.5 Å². The summed E-state index contributed by atoms with van der Waals surface area (Å²) in [7, 11) is 0. The zero-order valence-electron chi connectivity index (χ0n) is 12.5. The molecule has 19 heavy (non-hydrogen) atoms. The van der Waals surface area contributed by atoms with Crippen molar-refractivity contribution in [1.29, 1.82) is 0 Å². The van der Waals surface area contributed by atoms with Crippen LogP contribution in [0, 0.1) is 0 Å². The molecule has 4 nitrogen and oxygen atoms in total. The number of nitrogens with zero attached hydrogens (tertiary/aromatic N) is 1. The fourth-order valence-electron chi connectivity index (χ4n) is 2.68. The first-order valence-electron chi connectivity index (χ1n) is 7.15. The molecule has 1 aliphatic rings. The Bertz CT molecular complexity index is 329. The van der Waals surface area contributed by atoms with E-state index in [1.165, 1.54) is 0 Å². The molecule has 110 valence electrons. The molecule has 2 amide bonds. The lowest BCUT2D eigenvalue weighted by atomic mass is 9.90. The highest BCUT2D eigenvalue weighted by Gasteiger charge is 2.43. The Labute approximate surface area is 120 Å². The minimum Gasteiger partial charge on any atom is -0.342 e. The molecule has 1 heterocycles. The van der Waals surface area contributed by atoms with Gasteiger partial charge >= 0.3 is 0 Å². The van der Waals surface area contributed by atoms with E-state index in [4.69, 9.17) is 0 Å². The van der Waals surface area contributed by atoms with Crippen molar-refractivity contribution in [3.05, 3.63) is 0 Å². The summed E-state index contributed by atoms with van der Waals surface area (Å²) in [5, 5.41) is 2.96. The lowest BCUT2D eigenvalue weighted by Gasteiger charge is -2.37. The SMILES string of the molecule is CCC(CSC)N1CCC(=O)NC(CC)(CC)C1=O. The molecule has 1 rings (SSSR count). The van der Waals surface area contributed by atoms with Crippen LogP contribution < -0.4 is 5.32 Å². The molecule has 1 fully saturated rings. The van der Waals surface area contributed by atoms with E-state index < -0.39 is 5.54 Å². The van der Waals surface area contributed by atoms with E-state index in [0.29, 0.717) is 25.8 Å². The number of rotatable bonds is 6. The highest BCUT2D eigenvalue weighted by Crippen LogP contribution is 2.25. The van der Waals surface area contributed by atoms with E-state index >= 15 is 0 Å². The maximum absolute atomic E-state index is 12.9. The highest BCUT2D eigenvalue weighted by atomic mass is 32.2. The van der Waals surface area contributed by atoms with Crippen LogP contribution in [0.4, 0.5) is 0 Å². The number of carbonyl (C=O) groups excluding carboxylic acids is 2. The van der Waals surface area contributed by atoms with E-state index in [0.717, 1.165) is 12.2 Å². The van der Waals surface area contributed by atoms with Gasteiger partial charge in [0.15, 0.2) is 0 Å². The highest BCUT2D eigenvalue weighted by molar-refractivity contribution is 7.98. The Morgan fingerprint density at radius 2 is 1.95 bits per heavy atom. The topological polar surface area (TPSA) is 49.4 Å². The van der Waals surface area contributed by atoms with Gasteiger partial charge in [-0.25, -0.2) is 0 Å². The second-order valence-electron chi connectivity index (χ2n) is 5.10. The van der Waals surface area contributed by atoms with Crippen LogP contribution in [0.15, 0.2) is 0 Å². The second kappa shape index (κ2) is 7.17. The summed E-state index contributed by atoms with van der Waals surface area (Å²) < 4.78 is 0. The van der Waals surface area contributed by atoms with Crippen molar-refractivity contribution in [2.45, 2.75) is 58.0 Å². The molecule has 0 aromatic carbocycles. The van der Waals surface area contributed by atoms with Gasteiger partial charge in [0, 0.05) is 24.8 Å². The molecule has 1 unspecified atom stereocenters. The van der Waals surface area contributed by atoms with Gasteiger partial charge in [-0.3, -0.25) is 9.59 Å². The fraction of sp³-hybridized carbons (Fsp3) is 0.857. The third-order valence-electron chi connectivity index (χ3n) is 4.11. The van der Waals surface area contributed by atoms with Gasteiger partial charge in [0.2, 0.25) is 11.8 Å². The molecule has 0 bridgehead atoms. The minimum absolute atomic E-state index is 0.00134. The first-order valence-corrected chi connectivity index (χ1v) is 8.55. The van der Waals surface area contributed by atoms with Crippen LogP contribution in [-0.4, -0.2) is 46.8 Å². The first kappa shape index (κ1) is 16.3. The summed E-state index contributed by atoms with van der Waals surface area (Å²) >= 11 is 1.75. The summed E-state index contributed by atoms with van der Waals surface area (Å²) in [6.07, 6.45) is 4.71. The molecular weight excluding hydrogens is 260 g/mol. The van der Waals surface area contributed by atoms with Crippen LogP contribution in [0.25, 0.3) is 0 Å². The maximum Gasteiger partial charge on any atom is 0.248 e. The smallest absolute Gasteiger partial charge is 0.248 e. The van der Waals surface area contributed by atoms with Crippen molar-refractivity contribution in [2.75, 3.05) is 18.6 Å². The van der Waals surface area contributed by atoms with E-state index in [1.54, 1.807) is 11.8 Å². The van der Waals surface area contributed by atoms with Crippen LogP contribution in [0.5, 0.6) is 0 Å². The Balaban J connectivity index is 3.04. The zero-order valence-corrected chi connectivity index (χ0v) is 13.3. The predicted molar refractivity (Wildman–Crippen MR) is 80.2 cm³/mol. The second-order valence-corrected chi connectivity index (χ2v) is 6.01. The summed E-state index contributed by atoms with van der Waals surface area (Å²) in [4.78, 5) is 26.7. The van der Waals surface area contributed by atoms with Gasteiger partial charge in [-0.2, -0.15) is 11.8 Å². The average Bonchev–Trinajstić information content (AvgIpc) is 2.54. The largest absolute Gasteiger partial charge is 0.342 e. The predicted octanol–water partition coefficient (Wildman–Crippen LogP) is 2.04. The van der Waals surface area contributed by atoms with Gasteiger partial charge in [0.25, 0.3) is 0 Å². The standard InChI is InChI=1S/C14H26N2O2S/c1-5-11(10-19-4)16-9-8-12(17)15-14(6-2,7-3)13(16)18/h11H,5-10H2,1-4H3,(H,15,17). The Morgan fingerprint density at radius 3 is 2.42 bits per heavy atom. The summed E-state index contributed by atoms with van der Waals surface area (Å²) in [6, 6.07) is 0.229. The minimum atomic E-state index is -0.695. The summed E-state index contributed by atoms with van der Waals surface area (Å²) in [6.45, 7) is 6.60. The third-order valence-corrected chi connectivity index (χ3v) is 4.82. The van der Waals surface area contributed by atoms with Crippen LogP contribution in [0.1, 0.15) is 46.5 Å². The zero-order chi connectivity index (χ0) is 14.5. The number of thioether (sulfide) groups is 1. The number of hydrogen-bond acceptors (Lipinski definition) is 3. The summed E-state index contributed by atoms with van der Waals surface area (Å²) in [5.41, 5.74) is -0.695. The Hall–Kier alpha value is -0.710. The van der Waals surface area contributed by atoms with Gasteiger partial charge in [-0.1, -0.05) is 20.8 Å². The Kier molecular flexibility index (Phi) is 6.17. The van der Waals surface area contributed by atoms with Gasteiger partial charge < -0.3 is 10.2 Å². The molecule has 0 spiro atoms.